The fourth-order valence-electron chi connectivity index (χ4n) is 2.57. The van der Waals surface area contributed by atoms with Gasteiger partial charge in [-0.05, 0) is 62.4 Å². The summed E-state index contributed by atoms with van der Waals surface area (Å²) in [4.78, 5) is 0. The van der Waals surface area contributed by atoms with Crippen molar-refractivity contribution in [2.24, 2.45) is 5.41 Å². The van der Waals surface area contributed by atoms with E-state index in [0.717, 1.165) is 32.5 Å². The number of benzene rings is 1. The zero-order chi connectivity index (χ0) is 15.3. The third kappa shape index (κ3) is 4.09. The molecular weight excluding hydrogens is 258 g/mol. The van der Waals surface area contributed by atoms with Crippen LogP contribution in [0.3, 0.4) is 0 Å². The van der Waals surface area contributed by atoms with E-state index in [2.05, 4.69) is 53.3 Å². The molecule has 0 aliphatic rings. The number of hydrogen-bond donors (Lipinski definition) is 1. The van der Waals surface area contributed by atoms with Crippen molar-refractivity contribution < 1.29 is 0 Å². The molecule has 0 saturated heterocycles. The second-order valence-corrected chi connectivity index (χ2v) is 6.28. The summed E-state index contributed by atoms with van der Waals surface area (Å²) < 4.78 is 2.29. The highest BCUT2D eigenvalue weighted by molar-refractivity contribution is 5.80. The van der Waals surface area contributed by atoms with Crippen LogP contribution in [0, 0.1) is 16.7 Å². The Morgan fingerprint density at radius 1 is 1.29 bits per heavy atom. The van der Waals surface area contributed by atoms with E-state index in [1.165, 1.54) is 16.5 Å². The lowest BCUT2D eigenvalue weighted by Crippen LogP contribution is -2.11. The molecule has 1 heterocycles. The molecule has 0 saturated carbocycles. The first-order valence-corrected chi connectivity index (χ1v) is 7.75. The molecule has 112 valence electrons. The highest BCUT2D eigenvalue weighted by atomic mass is 14.9. The molecule has 0 amide bonds. The fraction of sp³-hybridized carbons (Fsp3) is 0.500. The first-order chi connectivity index (χ1) is 10.1. The predicted molar refractivity (Wildman–Crippen MR) is 87.9 cm³/mol. The minimum absolute atomic E-state index is 0.220. The molecule has 0 spiro atoms. The molecule has 0 radical (unpaired) electrons. The van der Waals surface area contributed by atoms with E-state index >= 15 is 0 Å². The second kappa shape index (κ2) is 6.78. The van der Waals surface area contributed by atoms with Crippen molar-refractivity contribution >= 4 is 10.9 Å². The Labute approximate surface area is 127 Å². The lowest BCUT2D eigenvalue weighted by molar-refractivity contribution is 0.418. The smallest absolute Gasteiger partial charge is 0.0683 e. The molecule has 1 aromatic carbocycles. The number of hydrogen-bond acceptors (Lipinski definition) is 2. The quantitative estimate of drug-likeness (QED) is 0.831. The molecule has 2 aromatic rings. The normalized spacial score (nSPS) is 11.7. The van der Waals surface area contributed by atoms with Crippen LogP contribution in [0.5, 0.6) is 0 Å². The average Bonchev–Trinajstić information content (AvgIpc) is 2.87. The van der Waals surface area contributed by atoms with Gasteiger partial charge in [0.1, 0.15) is 0 Å². The number of aromatic nitrogens is 1. The maximum Gasteiger partial charge on any atom is 0.0683 e. The summed E-state index contributed by atoms with van der Waals surface area (Å²) >= 11 is 0. The molecule has 3 heteroatoms. The number of nitriles is 1. The second-order valence-electron chi connectivity index (χ2n) is 6.28. The van der Waals surface area contributed by atoms with Crippen molar-refractivity contribution in [3.63, 3.8) is 0 Å². The molecule has 1 N–H and O–H groups in total. The molecule has 0 aliphatic carbocycles. The van der Waals surface area contributed by atoms with E-state index in [-0.39, 0.29) is 5.41 Å². The van der Waals surface area contributed by atoms with Gasteiger partial charge < -0.3 is 9.88 Å². The summed E-state index contributed by atoms with van der Waals surface area (Å²) in [6.07, 6.45) is 4.12. The summed E-state index contributed by atoms with van der Waals surface area (Å²) in [5, 5.41) is 13.7. The Hall–Kier alpha value is -1.79. The van der Waals surface area contributed by atoms with Crippen LogP contribution in [0.2, 0.25) is 0 Å². The zero-order valence-corrected chi connectivity index (χ0v) is 13.3. The first kappa shape index (κ1) is 15.6. The highest BCUT2D eigenvalue weighted by Gasteiger charge is 2.15. The lowest BCUT2D eigenvalue weighted by atomic mass is 9.90. The summed E-state index contributed by atoms with van der Waals surface area (Å²) in [7, 11) is 0. The van der Waals surface area contributed by atoms with Gasteiger partial charge in [-0.2, -0.15) is 5.26 Å². The summed E-state index contributed by atoms with van der Waals surface area (Å²) in [6.45, 7) is 9.03. The topological polar surface area (TPSA) is 40.8 Å². The van der Waals surface area contributed by atoms with Crippen LogP contribution in [0.25, 0.3) is 10.9 Å². The number of aryl methyl sites for hydroxylation is 1. The average molecular weight is 283 g/mol. The van der Waals surface area contributed by atoms with Crippen LogP contribution in [0.1, 0.15) is 39.2 Å². The Morgan fingerprint density at radius 3 is 2.81 bits per heavy atom. The van der Waals surface area contributed by atoms with Gasteiger partial charge in [-0.25, -0.2) is 0 Å². The van der Waals surface area contributed by atoms with Gasteiger partial charge in [0.05, 0.1) is 11.5 Å². The maximum atomic E-state index is 9.06. The molecule has 1 aromatic heterocycles. The maximum absolute atomic E-state index is 9.06. The summed E-state index contributed by atoms with van der Waals surface area (Å²) in [6, 6.07) is 11.2. The van der Waals surface area contributed by atoms with Crippen LogP contribution in [-0.4, -0.2) is 11.1 Å². The van der Waals surface area contributed by atoms with E-state index in [9.17, 15) is 0 Å². The largest absolute Gasteiger partial charge is 0.347 e. The van der Waals surface area contributed by atoms with Gasteiger partial charge in [0.2, 0.25) is 0 Å². The van der Waals surface area contributed by atoms with Gasteiger partial charge in [0, 0.05) is 24.8 Å². The lowest BCUT2D eigenvalue weighted by Gasteiger charge is -2.15. The molecule has 0 aliphatic heterocycles. The Bertz CT molecular complexity index is 631. The SMILES string of the molecule is CCNCc1ccc2c(ccn2CCCC(C)(C)C#N)c1. The van der Waals surface area contributed by atoms with Crippen LogP contribution in [0.15, 0.2) is 30.5 Å². The molecule has 0 fully saturated rings. The third-order valence-electron chi connectivity index (χ3n) is 3.92. The molecule has 0 unspecified atom stereocenters. The number of fused-ring (bicyclic) bond motifs is 1. The highest BCUT2D eigenvalue weighted by Crippen LogP contribution is 2.23. The monoisotopic (exact) mass is 283 g/mol. The van der Waals surface area contributed by atoms with Crippen molar-refractivity contribution in [1.82, 2.24) is 9.88 Å². The van der Waals surface area contributed by atoms with E-state index < -0.39 is 0 Å². The van der Waals surface area contributed by atoms with Crippen LogP contribution < -0.4 is 5.32 Å². The number of nitrogens with one attached hydrogen (secondary N) is 1. The van der Waals surface area contributed by atoms with Gasteiger partial charge in [0.25, 0.3) is 0 Å². The van der Waals surface area contributed by atoms with Crippen molar-refractivity contribution in [3.05, 3.63) is 36.0 Å². The van der Waals surface area contributed by atoms with Crippen molar-refractivity contribution in [2.75, 3.05) is 6.54 Å². The molecule has 3 nitrogen and oxygen atoms in total. The van der Waals surface area contributed by atoms with Gasteiger partial charge in [-0.15, -0.1) is 0 Å². The third-order valence-corrected chi connectivity index (χ3v) is 3.92. The number of nitrogens with zero attached hydrogens (tertiary/aromatic N) is 2. The molecule has 2 rings (SSSR count). The van der Waals surface area contributed by atoms with Gasteiger partial charge in [-0.1, -0.05) is 13.0 Å². The van der Waals surface area contributed by atoms with Crippen molar-refractivity contribution in [3.8, 4) is 6.07 Å². The summed E-state index contributed by atoms with van der Waals surface area (Å²) in [5.74, 6) is 0. The van der Waals surface area contributed by atoms with Crippen molar-refractivity contribution in [2.45, 2.75) is 46.7 Å². The van der Waals surface area contributed by atoms with Gasteiger partial charge >= 0.3 is 0 Å². The molecule has 21 heavy (non-hydrogen) atoms. The Kier molecular flexibility index (Phi) is 5.03. The van der Waals surface area contributed by atoms with Crippen LogP contribution in [0.4, 0.5) is 0 Å². The minimum atomic E-state index is -0.220. The van der Waals surface area contributed by atoms with Gasteiger partial charge in [-0.3, -0.25) is 0 Å². The molecular formula is C18H25N3. The predicted octanol–water partition coefficient (Wildman–Crippen LogP) is 4.08. The molecule has 0 atom stereocenters. The van der Waals surface area contributed by atoms with E-state index in [4.69, 9.17) is 5.26 Å². The summed E-state index contributed by atoms with van der Waals surface area (Å²) in [5.41, 5.74) is 2.39. The Morgan fingerprint density at radius 2 is 2.10 bits per heavy atom. The Balaban J connectivity index is 2.03. The fourth-order valence-corrected chi connectivity index (χ4v) is 2.57. The number of rotatable bonds is 7. The first-order valence-electron chi connectivity index (χ1n) is 7.75. The zero-order valence-electron chi connectivity index (χ0n) is 13.3. The van der Waals surface area contributed by atoms with Gasteiger partial charge in [0.15, 0.2) is 0 Å². The van der Waals surface area contributed by atoms with Crippen molar-refractivity contribution in [1.29, 1.82) is 5.26 Å². The van der Waals surface area contributed by atoms with E-state index in [0.29, 0.717) is 0 Å². The van der Waals surface area contributed by atoms with Crippen LogP contribution in [-0.2, 0) is 13.1 Å². The van der Waals surface area contributed by atoms with E-state index in [1.54, 1.807) is 0 Å². The molecule has 0 bridgehead atoms. The standard InChI is InChI=1S/C18H25N3/c1-4-20-13-15-6-7-17-16(12-15)8-11-21(17)10-5-9-18(2,3)14-19/h6-8,11-12,20H,4-5,9-10,13H2,1-3H3. The van der Waals surface area contributed by atoms with Crippen LogP contribution >= 0.6 is 0 Å². The minimum Gasteiger partial charge on any atom is -0.347 e. The van der Waals surface area contributed by atoms with E-state index in [1.807, 2.05) is 13.8 Å².